The molecule has 0 radical (unpaired) electrons. The Hall–Kier alpha value is -1.42. The summed E-state index contributed by atoms with van der Waals surface area (Å²) in [5.41, 5.74) is 1.30. The van der Waals surface area contributed by atoms with Gasteiger partial charge in [-0.05, 0) is 18.6 Å². The first-order chi connectivity index (χ1) is 9.16. The third-order valence-corrected chi connectivity index (χ3v) is 4.80. The quantitative estimate of drug-likeness (QED) is 0.888. The summed E-state index contributed by atoms with van der Waals surface area (Å²) in [5, 5.41) is 3.65. The molecule has 2 aliphatic heterocycles. The highest BCUT2D eigenvalue weighted by Gasteiger charge is 2.59. The molecule has 1 aromatic rings. The van der Waals surface area contributed by atoms with Crippen LogP contribution in [-0.2, 0) is 4.74 Å². The van der Waals surface area contributed by atoms with Crippen molar-refractivity contribution in [3.63, 3.8) is 0 Å². The zero-order valence-electron chi connectivity index (χ0n) is 11.3. The second kappa shape index (κ2) is 3.79. The number of ether oxygens (including phenoxy) is 3. The minimum absolute atomic E-state index is 0.192. The maximum absolute atomic E-state index is 5.82. The summed E-state index contributed by atoms with van der Waals surface area (Å²) in [6.45, 7) is 5.79. The number of fused-ring (bicyclic) bond motifs is 2. The van der Waals surface area contributed by atoms with Gasteiger partial charge >= 0.3 is 0 Å². The molecule has 4 rings (SSSR count). The second-order valence-corrected chi connectivity index (χ2v) is 6.26. The number of rotatable bonds is 2. The molecule has 0 amide bonds. The highest BCUT2D eigenvalue weighted by atomic mass is 16.7. The molecule has 0 spiro atoms. The standard InChI is InChI=1S/C15H19NO3/c1-15(2)13(10-5-6-17-14(10)15)16-9-3-4-11-12(7-9)19-8-18-11/h3-4,7,10,13-14,16H,5-6,8H2,1-2H3. The summed E-state index contributed by atoms with van der Waals surface area (Å²) in [6.07, 6.45) is 1.58. The molecule has 1 aliphatic carbocycles. The molecule has 0 bridgehead atoms. The first-order valence-electron chi connectivity index (χ1n) is 6.94. The maximum Gasteiger partial charge on any atom is 0.231 e. The third-order valence-electron chi connectivity index (χ3n) is 4.80. The molecule has 4 nitrogen and oxygen atoms in total. The normalized spacial score (nSPS) is 33.7. The second-order valence-electron chi connectivity index (χ2n) is 6.26. The Kier molecular flexibility index (Phi) is 2.28. The van der Waals surface area contributed by atoms with E-state index in [0.29, 0.717) is 24.9 Å². The van der Waals surface area contributed by atoms with E-state index >= 15 is 0 Å². The lowest BCUT2D eigenvalue weighted by Gasteiger charge is -2.55. The molecular weight excluding hydrogens is 242 g/mol. The Bertz CT molecular complexity index is 514. The van der Waals surface area contributed by atoms with Crippen LogP contribution in [0.5, 0.6) is 11.5 Å². The molecule has 3 atom stereocenters. The lowest BCUT2D eigenvalue weighted by Crippen LogP contribution is -2.63. The number of benzene rings is 1. The average Bonchev–Trinajstić information content (AvgIpc) is 3.03. The van der Waals surface area contributed by atoms with Gasteiger partial charge in [0.05, 0.1) is 6.10 Å². The smallest absolute Gasteiger partial charge is 0.231 e. The van der Waals surface area contributed by atoms with Crippen LogP contribution < -0.4 is 14.8 Å². The zero-order valence-corrected chi connectivity index (χ0v) is 11.3. The van der Waals surface area contributed by atoms with E-state index in [4.69, 9.17) is 14.2 Å². The molecule has 3 unspecified atom stereocenters. The van der Waals surface area contributed by atoms with E-state index in [0.717, 1.165) is 30.2 Å². The van der Waals surface area contributed by atoms with Crippen molar-refractivity contribution < 1.29 is 14.2 Å². The molecule has 0 aromatic heterocycles. The Morgan fingerprint density at radius 1 is 1.21 bits per heavy atom. The Balaban J connectivity index is 1.55. The number of hydrogen-bond donors (Lipinski definition) is 1. The van der Waals surface area contributed by atoms with Crippen LogP contribution in [-0.4, -0.2) is 25.5 Å². The van der Waals surface area contributed by atoms with Crippen molar-refractivity contribution in [2.45, 2.75) is 32.4 Å². The van der Waals surface area contributed by atoms with Gasteiger partial charge in [-0.15, -0.1) is 0 Å². The molecular formula is C15H19NO3. The maximum atomic E-state index is 5.82. The molecule has 1 aromatic carbocycles. The fourth-order valence-electron chi connectivity index (χ4n) is 3.78. The highest BCUT2D eigenvalue weighted by Crippen LogP contribution is 2.53. The predicted octanol–water partition coefficient (Wildman–Crippen LogP) is 2.64. The zero-order chi connectivity index (χ0) is 13.0. The van der Waals surface area contributed by atoms with Crippen LogP contribution in [0.3, 0.4) is 0 Å². The Morgan fingerprint density at radius 2 is 2.05 bits per heavy atom. The van der Waals surface area contributed by atoms with Crippen LogP contribution in [0.4, 0.5) is 5.69 Å². The van der Waals surface area contributed by atoms with Gasteiger partial charge in [0.2, 0.25) is 6.79 Å². The van der Waals surface area contributed by atoms with E-state index in [1.807, 2.05) is 12.1 Å². The molecule has 2 fully saturated rings. The van der Waals surface area contributed by atoms with E-state index in [1.165, 1.54) is 0 Å². The highest BCUT2D eigenvalue weighted by molar-refractivity contribution is 5.56. The van der Waals surface area contributed by atoms with Crippen LogP contribution in [0.1, 0.15) is 20.3 Å². The van der Waals surface area contributed by atoms with Gasteiger partial charge < -0.3 is 19.5 Å². The SMILES string of the molecule is CC1(C)C(Nc2ccc3c(c2)OCO3)C2CCOC21. The van der Waals surface area contributed by atoms with E-state index < -0.39 is 0 Å². The Morgan fingerprint density at radius 3 is 2.95 bits per heavy atom. The van der Waals surface area contributed by atoms with Crippen LogP contribution in [0.2, 0.25) is 0 Å². The lowest BCUT2D eigenvalue weighted by molar-refractivity contribution is -0.0923. The van der Waals surface area contributed by atoms with Gasteiger partial charge in [-0.3, -0.25) is 0 Å². The topological polar surface area (TPSA) is 39.7 Å². The fourth-order valence-corrected chi connectivity index (χ4v) is 3.78. The van der Waals surface area contributed by atoms with E-state index in [1.54, 1.807) is 0 Å². The average molecular weight is 261 g/mol. The lowest BCUT2D eigenvalue weighted by atomic mass is 9.57. The van der Waals surface area contributed by atoms with Crippen molar-refractivity contribution >= 4 is 5.69 Å². The molecule has 4 heteroatoms. The molecule has 19 heavy (non-hydrogen) atoms. The van der Waals surface area contributed by atoms with Gasteiger partial charge in [0.25, 0.3) is 0 Å². The van der Waals surface area contributed by atoms with Gasteiger partial charge in [-0.25, -0.2) is 0 Å². The van der Waals surface area contributed by atoms with Gasteiger partial charge in [0, 0.05) is 35.7 Å². The molecule has 3 aliphatic rings. The number of nitrogens with one attached hydrogen (secondary N) is 1. The molecule has 1 saturated heterocycles. The van der Waals surface area contributed by atoms with Crippen molar-refractivity contribution in [1.82, 2.24) is 0 Å². The van der Waals surface area contributed by atoms with Crippen molar-refractivity contribution in [2.24, 2.45) is 11.3 Å². The van der Waals surface area contributed by atoms with Crippen molar-refractivity contribution in [3.05, 3.63) is 18.2 Å². The largest absolute Gasteiger partial charge is 0.454 e. The van der Waals surface area contributed by atoms with Crippen molar-refractivity contribution in [3.8, 4) is 11.5 Å². The summed E-state index contributed by atoms with van der Waals surface area (Å²) >= 11 is 0. The molecule has 1 N–H and O–H groups in total. The number of hydrogen-bond acceptors (Lipinski definition) is 4. The van der Waals surface area contributed by atoms with Crippen LogP contribution >= 0.6 is 0 Å². The van der Waals surface area contributed by atoms with Crippen molar-refractivity contribution in [1.29, 1.82) is 0 Å². The van der Waals surface area contributed by atoms with Crippen LogP contribution in [0.25, 0.3) is 0 Å². The van der Waals surface area contributed by atoms with E-state index in [9.17, 15) is 0 Å². The van der Waals surface area contributed by atoms with E-state index in [-0.39, 0.29) is 5.41 Å². The molecule has 1 saturated carbocycles. The fraction of sp³-hybridized carbons (Fsp3) is 0.600. The van der Waals surface area contributed by atoms with E-state index in [2.05, 4.69) is 25.2 Å². The minimum atomic E-state index is 0.192. The van der Waals surface area contributed by atoms with Gasteiger partial charge in [0.1, 0.15) is 0 Å². The monoisotopic (exact) mass is 261 g/mol. The number of anilines is 1. The molecule has 102 valence electrons. The van der Waals surface area contributed by atoms with Crippen LogP contribution in [0.15, 0.2) is 18.2 Å². The molecule has 2 heterocycles. The summed E-state index contributed by atoms with van der Waals surface area (Å²) in [5.74, 6) is 2.31. The van der Waals surface area contributed by atoms with Crippen LogP contribution in [0, 0.1) is 11.3 Å². The summed E-state index contributed by atoms with van der Waals surface area (Å²) in [4.78, 5) is 0. The summed E-state index contributed by atoms with van der Waals surface area (Å²) < 4.78 is 16.6. The van der Waals surface area contributed by atoms with Gasteiger partial charge in [0.15, 0.2) is 11.5 Å². The third kappa shape index (κ3) is 1.56. The first kappa shape index (κ1) is 11.4. The van der Waals surface area contributed by atoms with Gasteiger partial charge in [-0.1, -0.05) is 13.8 Å². The minimum Gasteiger partial charge on any atom is -0.454 e. The summed E-state index contributed by atoms with van der Waals surface area (Å²) in [6, 6.07) is 6.54. The predicted molar refractivity (Wildman–Crippen MR) is 71.6 cm³/mol. The summed E-state index contributed by atoms with van der Waals surface area (Å²) in [7, 11) is 0. The van der Waals surface area contributed by atoms with Crippen molar-refractivity contribution in [2.75, 3.05) is 18.7 Å². The Labute approximate surface area is 113 Å². The van der Waals surface area contributed by atoms with Gasteiger partial charge in [-0.2, -0.15) is 0 Å². The first-order valence-corrected chi connectivity index (χ1v) is 6.94.